The lowest BCUT2D eigenvalue weighted by atomic mass is 10.1. The summed E-state index contributed by atoms with van der Waals surface area (Å²) in [6.07, 6.45) is -0.139. The summed E-state index contributed by atoms with van der Waals surface area (Å²) >= 11 is 0. The maximum Gasteiger partial charge on any atom is 0.338 e. The maximum atomic E-state index is 11.6. The monoisotopic (exact) mass is 203 g/mol. The van der Waals surface area contributed by atoms with Gasteiger partial charge in [0.1, 0.15) is 6.10 Å². The molecule has 0 aliphatic heterocycles. The van der Waals surface area contributed by atoms with E-state index in [2.05, 4.69) is 0 Å². The molecule has 1 rings (SSSR count). The zero-order valence-electron chi connectivity index (χ0n) is 8.86. The van der Waals surface area contributed by atoms with Crippen LogP contribution in [0.4, 0.5) is 0 Å². The number of benzene rings is 1. The minimum Gasteiger partial charge on any atom is -0.458 e. The van der Waals surface area contributed by atoms with Gasteiger partial charge in [0, 0.05) is 0 Å². The summed E-state index contributed by atoms with van der Waals surface area (Å²) in [5, 5.41) is 8.43. The molecule has 0 fully saturated rings. The molecule has 0 radical (unpaired) electrons. The Labute approximate surface area is 89.3 Å². The number of esters is 1. The third-order valence-electron chi connectivity index (χ3n) is 2.05. The summed E-state index contributed by atoms with van der Waals surface area (Å²) in [4.78, 5) is 11.6. The van der Waals surface area contributed by atoms with Gasteiger partial charge in [-0.3, -0.25) is 0 Å². The van der Waals surface area contributed by atoms with Crippen LogP contribution in [-0.2, 0) is 4.74 Å². The van der Waals surface area contributed by atoms with Gasteiger partial charge in [0.15, 0.2) is 0 Å². The predicted molar refractivity (Wildman–Crippen MR) is 56.3 cm³/mol. The molecule has 0 amide bonds. The smallest absolute Gasteiger partial charge is 0.338 e. The maximum absolute atomic E-state index is 11.6. The van der Waals surface area contributed by atoms with E-state index in [4.69, 9.17) is 10.00 Å². The summed E-state index contributed by atoms with van der Waals surface area (Å²) in [6.45, 7) is 3.56. The van der Waals surface area contributed by atoms with Crippen LogP contribution >= 0.6 is 0 Å². The van der Waals surface area contributed by atoms with Crippen molar-refractivity contribution in [3.8, 4) is 6.07 Å². The average molecular weight is 203 g/mol. The summed E-state index contributed by atoms with van der Waals surface area (Å²) in [5.41, 5.74) is 1.44. The first-order chi connectivity index (χ1) is 7.15. The first-order valence-electron chi connectivity index (χ1n) is 4.78. The number of carbonyl (C=O) groups excluding carboxylic acids is 1. The van der Waals surface area contributed by atoms with E-state index in [1.807, 2.05) is 25.1 Å². The molecule has 0 heterocycles. The van der Waals surface area contributed by atoms with Crippen molar-refractivity contribution in [2.75, 3.05) is 0 Å². The van der Waals surface area contributed by atoms with Gasteiger partial charge in [-0.1, -0.05) is 18.2 Å². The van der Waals surface area contributed by atoms with Crippen molar-refractivity contribution < 1.29 is 9.53 Å². The van der Waals surface area contributed by atoms with Gasteiger partial charge < -0.3 is 4.74 Å². The first kappa shape index (κ1) is 11.3. The van der Waals surface area contributed by atoms with E-state index in [1.54, 1.807) is 19.1 Å². The molecular formula is C12H13NO2. The Balaban J connectivity index is 2.70. The molecule has 1 aromatic carbocycles. The van der Waals surface area contributed by atoms with Gasteiger partial charge in [0.25, 0.3) is 0 Å². The number of rotatable bonds is 3. The highest BCUT2D eigenvalue weighted by molar-refractivity contribution is 5.91. The fourth-order valence-corrected chi connectivity index (χ4v) is 1.22. The second-order valence-electron chi connectivity index (χ2n) is 3.39. The lowest BCUT2D eigenvalue weighted by Crippen LogP contribution is -2.15. The molecule has 15 heavy (non-hydrogen) atoms. The molecule has 1 atom stereocenters. The lowest BCUT2D eigenvalue weighted by Gasteiger charge is -2.10. The molecule has 0 aliphatic carbocycles. The van der Waals surface area contributed by atoms with Crippen LogP contribution < -0.4 is 0 Å². The van der Waals surface area contributed by atoms with Gasteiger partial charge >= 0.3 is 5.97 Å². The van der Waals surface area contributed by atoms with Gasteiger partial charge in [-0.2, -0.15) is 5.26 Å². The van der Waals surface area contributed by atoms with Crippen molar-refractivity contribution in [2.24, 2.45) is 0 Å². The number of carbonyl (C=O) groups is 1. The fourth-order valence-electron chi connectivity index (χ4n) is 1.22. The SMILES string of the molecule is Cc1ccccc1C(=O)OC(C)CC#N. The fraction of sp³-hybridized carbons (Fsp3) is 0.333. The van der Waals surface area contributed by atoms with Gasteiger partial charge in [0.2, 0.25) is 0 Å². The molecule has 0 spiro atoms. The largest absolute Gasteiger partial charge is 0.458 e. The molecule has 3 nitrogen and oxygen atoms in total. The standard InChI is InChI=1S/C12H13NO2/c1-9-5-3-4-6-11(9)12(14)15-10(2)7-8-13/h3-6,10H,7H2,1-2H3. The number of ether oxygens (including phenoxy) is 1. The topological polar surface area (TPSA) is 50.1 Å². The Bertz CT molecular complexity index is 393. The van der Waals surface area contributed by atoms with E-state index in [1.165, 1.54) is 0 Å². The van der Waals surface area contributed by atoms with E-state index < -0.39 is 0 Å². The third-order valence-corrected chi connectivity index (χ3v) is 2.05. The van der Waals surface area contributed by atoms with Crippen LogP contribution in [0, 0.1) is 18.3 Å². The van der Waals surface area contributed by atoms with E-state index >= 15 is 0 Å². The molecule has 1 unspecified atom stereocenters. The van der Waals surface area contributed by atoms with E-state index in [9.17, 15) is 4.79 Å². The van der Waals surface area contributed by atoms with Crippen molar-refractivity contribution in [3.05, 3.63) is 35.4 Å². The third kappa shape index (κ3) is 3.10. The molecule has 0 aromatic heterocycles. The summed E-state index contributed by atoms with van der Waals surface area (Å²) < 4.78 is 5.10. The van der Waals surface area contributed by atoms with Crippen LogP contribution in [0.15, 0.2) is 24.3 Å². The van der Waals surface area contributed by atoms with Crippen LogP contribution in [0.1, 0.15) is 29.3 Å². The van der Waals surface area contributed by atoms with Crippen molar-refractivity contribution in [3.63, 3.8) is 0 Å². The molecule has 0 N–H and O–H groups in total. The minimum atomic E-state index is -0.365. The number of nitriles is 1. The summed E-state index contributed by atoms with van der Waals surface area (Å²) in [6, 6.07) is 9.19. The molecule has 0 saturated heterocycles. The van der Waals surface area contributed by atoms with E-state index in [-0.39, 0.29) is 18.5 Å². The van der Waals surface area contributed by atoms with Crippen molar-refractivity contribution in [1.29, 1.82) is 5.26 Å². The normalized spacial score (nSPS) is 11.5. The van der Waals surface area contributed by atoms with Crippen molar-refractivity contribution in [1.82, 2.24) is 0 Å². The summed E-state index contributed by atoms with van der Waals surface area (Å²) in [7, 11) is 0. The highest BCUT2D eigenvalue weighted by atomic mass is 16.5. The molecule has 0 bridgehead atoms. The van der Waals surface area contributed by atoms with Crippen molar-refractivity contribution in [2.45, 2.75) is 26.4 Å². The van der Waals surface area contributed by atoms with E-state index in [0.29, 0.717) is 5.56 Å². The Morgan fingerprint density at radius 1 is 1.53 bits per heavy atom. The van der Waals surface area contributed by atoms with Crippen LogP contribution in [-0.4, -0.2) is 12.1 Å². The number of nitrogens with zero attached hydrogens (tertiary/aromatic N) is 1. The van der Waals surface area contributed by atoms with Crippen LogP contribution in [0.3, 0.4) is 0 Å². The number of hydrogen-bond donors (Lipinski definition) is 0. The Kier molecular flexibility index (Phi) is 3.87. The van der Waals surface area contributed by atoms with Crippen LogP contribution in [0.5, 0.6) is 0 Å². The predicted octanol–water partition coefficient (Wildman–Crippen LogP) is 2.45. The second kappa shape index (κ2) is 5.16. The molecular weight excluding hydrogens is 190 g/mol. The highest BCUT2D eigenvalue weighted by Crippen LogP contribution is 2.10. The van der Waals surface area contributed by atoms with Crippen molar-refractivity contribution >= 4 is 5.97 Å². The zero-order chi connectivity index (χ0) is 11.3. The van der Waals surface area contributed by atoms with Crippen LogP contribution in [0.2, 0.25) is 0 Å². The Morgan fingerprint density at radius 2 is 2.20 bits per heavy atom. The summed E-state index contributed by atoms with van der Waals surface area (Å²) in [5.74, 6) is -0.365. The average Bonchev–Trinajstić information content (AvgIpc) is 2.18. The quantitative estimate of drug-likeness (QED) is 0.709. The van der Waals surface area contributed by atoms with Gasteiger partial charge in [-0.15, -0.1) is 0 Å². The molecule has 1 aromatic rings. The molecule has 3 heteroatoms. The minimum absolute atomic E-state index is 0.220. The highest BCUT2D eigenvalue weighted by Gasteiger charge is 2.13. The molecule has 0 saturated carbocycles. The van der Waals surface area contributed by atoms with Gasteiger partial charge in [0.05, 0.1) is 18.1 Å². The second-order valence-corrected chi connectivity index (χ2v) is 3.39. The molecule has 78 valence electrons. The van der Waals surface area contributed by atoms with Gasteiger partial charge in [-0.25, -0.2) is 4.79 Å². The number of aryl methyl sites for hydroxylation is 1. The number of hydrogen-bond acceptors (Lipinski definition) is 3. The van der Waals surface area contributed by atoms with E-state index in [0.717, 1.165) is 5.56 Å². The lowest BCUT2D eigenvalue weighted by molar-refractivity contribution is 0.0350. The van der Waals surface area contributed by atoms with Gasteiger partial charge in [-0.05, 0) is 25.5 Å². The molecule has 0 aliphatic rings. The first-order valence-corrected chi connectivity index (χ1v) is 4.78. The Morgan fingerprint density at radius 3 is 2.80 bits per heavy atom. The zero-order valence-corrected chi connectivity index (χ0v) is 8.86. The van der Waals surface area contributed by atoms with Crippen LogP contribution in [0.25, 0.3) is 0 Å². The Hall–Kier alpha value is -1.82.